The van der Waals surface area contributed by atoms with Crippen LogP contribution in [0.15, 0.2) is 46.3 Å². The number of anilines is 1. The third-order valence-electron chi connectivity index (χ3n) is 4.71. The summed E-state index contributed by atoms with van der Waals surface area (Å²) >= 11 is 2.51. The first-order valence-electron chi connectivity index (χ1n) is 9.23. The molecule has 0 bridgehead atoms. The van der Waals surface area contributed by atoms with Crippen LogP contribution in [0.2, 0.25) is 0 Å². The summed E-state index contributed by atoms with van der Waals surface area (Å²) in [6.45, 7) is 0. The number of benzene rings is 2. The first kappa shape index (κ1) is 23.8. The lowest BCUT2D eigenvalue weighted by Crippen LogP contribution is -2.39. The molecule has 0 aliphatic carbocycles. The highest BCUT2D eigenvalue weighted by molar-refractivity contribution is 8.04. The van der Waals surface area contributed by atoms with Gasteiger partial charge in [-0.05, 0) is 24.3 Å². The predicted octanol–water partition coefficient (Wildman–Crippen LogP) is 2.81. The fourth-order valence-corrected chi connectivity index (χ4v) is 6.93. The molecule has 2 heterocycles. The highest BCUT2D eigenvalue weighted by atomic mass is 32.2. The molecule has 0 unspecified atom stereocenters. The lowest BCUT2D eigenvalue weighted by molar-refractivity contribution is -0.649. The molecule has 0 spiro atoms. The van der Waals surface area contributed by atoms with E-state index in [1.165, 1.54) is 46.8 Å². The van der Waals surface area contributed by atoms with Gasteiger partial charge in [-0.2, -0.15) is 21.4 Å². The minimum absolute atomic E-state index is 0.443. The highest BCUT2D eigenvalue weighted by Crippen LogP contribution is 2.48. The van der Waals surface area contributed by atoms with E-state index in [9.17, 15) is 25.9 Å². The number of rotatable bonds is 7. The molecule has 10 nitrogen and oxygen atoms in total. The molecule has 3 aromatic rings. The van der Waals surface area contributed by atoms with Crippen LogP contribution in [0.3, 0.4) is 0 Å². The smallest absolute Gasteiger partial charge is 0.326 e. The van der Waals surface area contributed by atoms with Crippen LogP contribution in [0, 0.1) is 0 Å². The second-order valence-electron chi connectivity index (χ2n) is 6.97. The van der Waals surface area contributed by atoms with Crippen molar-refractivity contribution in [2.75, 3.05) is 25.0 Å². The molecule has 0 amide bonds. The van der Waals surface area contributed by atoms with Gasteiger partial charge in [0.15, 0.2) is 5.88 Å². The molecule has 33 heavy (non-hydrogen) atoms. The maximum absolute atomic E-state index is 11.7. The zero-order valence-electron chi connectivity index (χ0n) is 17.3. The summed E-state index contributed by atoms with van der Waals surface area (Å²) in [4.78, 5) is 2.13. The van der Waals surface area contributed by atoms with Crippen molar-refractivity contribution in [3.8, 4) is 11.5 Å². The van der Waals surface area contributed by atoms with Crippen molar-refractivity contribution in [2.45, 2.75) is 10.8 Å². The number of thiazole rings is 1. The van der Waals surface area contributed by atoms with Gasteiger partial charge in [-0.25, -0.2) is 0 Å². The molecule has 176 valence electrons. The standard InChI is InChI=1S/C19H18N2O8S4/c1-28-12-3-5-16-14(7-12)20(10-32(22,23)24)18(30-16)9-19-21(11-33(25,26)27)15-8-13(29-2)4-6-17(15)31-19/h3-9H,10-11H2,1-2H3,(H-,22,23,24,25,26,27)/p+1. The van der Waals surface area contributed by atoms with Crippen molar-refractivity contribution < 1.29 is 40.0 Å². The van der Waals surface area contributed by atoms with Crippen molar-refractivity contribution in [1.82, 2.24) is 0 Å². The monoisotopic (exact) mass is 531 g/mol. The molecule has 4 rings (SSSR count). The summed E-state index contributed by atoms with van der Waals surface area (Å²) in [6.07, 6.45) is 1.62. The van der Waals surface area contributed by atoms with Crippen LogP contribution < -0.4 is 18.9 Å². The summed E-state index contributed by atoms with van der Waals surface area (Å²) in [7, 11) is -5.82. The molecule has 1 aromatic heterocycles. The van der Waals surface area contributed by atoms with Gasteiger partial charge in [-0.3, -0.25) is 9.11 Å². The number of fused-ring (bicyclic) bond motifs is 2. The van der Waals surface area contributed by atoms with Crippen molar-refractivity contribution in [3.63, 3.8) is 0 Å². The molecule has 14 heteroatoms. The van der Waals surface area contributed by atoms with Crippen LogP contribution in [0.1, 0.15) is 5.01 Å². The van der Waals surface area contributed by atoms with Crippen LogP contribution in [-0.4, -0.2) is 46.0 Å². The van der Waals surface area contributed by atoms with Crippen molar-refractivity contribution in [2.24, 2.45) is 0 Å². The fraction of sp³-hybridized carbons (Fsp3) is 0.211. The molecule has 0 fully saturated rings. The number of thioether (sulfide) groups is 1. The maximum atomic E-state index is 11.7. The Balaban J connectivity index is 1.89. The Morgan fingerprint density at radius 1 is 1.00 bits per heavy atom. The van der Waals surface area contributed by atoms with Crippen molar-refractivity contribution in [1.29, 1.82) is 0 Å². The quantitative estimate of drug-likeness (QED) is 0.346. The molecule has 2 N–H and O–H groups in total. The van der Waals surface area contributed by atoms with Gasteiger partial charge < -0.3 is 14.4 Å². The Labute approximate surface area is 198 Å². The van der Waals surface area contributed by atoms with Crippen molar-refractivity contribution >= 4 is 65.3 Å². The molecule has 0 saturated carbocycles. The summed E-state index contributed by atoms with van der Waals surface area (Å²) < 4.78 is 78.6. The lowest BCUT2D eigenvalue weighted by Gasteiger charge is -2.18. The van der Waals surface area contributed by atoms with E-state index in [1.807, 2.05) is 0 Å². The van der Waals surface area contributed by atoms with Gasteiger partial charge in [-0.1, -0.05) is 23.1 Å². The van der Waals surface area contributed by atoms with Crippen LogP contribution >= 0.6 is 23.1 Å². The Morgan fingerprint density at radius 3 is 2.30 bits per heavy atom. The average molecular weight is 532 g/mol. The number of hydrogen-bond donors (Lipinski definition) is 2. The molecule has 1 aliphatic rings. The summed E-state index contributed by atoms with van der Waals surface area (Å²) in [6, 6.07) is 10.3. The third kappa shape index (κ3) is 5.26. The average Bonchev–Trinajstić information content (AvgIpc) is 3.23. The number of nitrogens with zero attached hydrogens (tertiary/aromatic N) is 2. The van der Waals surface area contributed by atoms with E-state index in [0.29, 0.717) is 32.7 Å². The van der Waals surface area contributed by atoms with Crippen LogP contribution in [-0.2, 0) is 26.1 Å². The normalized spacial score (nSPS) is 15.3. The lowest BCUT2D eigenvalue weighted by atomic mass is 10.3. The van der Waals surface area contributed by atoms with Gasteiger partial charge in [0, 0.05) is 11.0 Å². The van der Waals surface area contributed by atoms with E-state index in [4.69, 9.17) is 9.47 Å². The SMILES string of the molecule is COc1ccc2c(c1)N(CS(=O)(=O)O)C(=Cc1sc3ccc(OC)cc3[n+]1CS(=O)(=O)O)S2. The van der Waals surface area contributed by atoms with Gasteiger partial charge in [0.1, 0.15) is 16.2 Å². The minimum Gasteiger partial charge on any atom is -0.497 e. The molecular weight excluding hydrogens is 512 g/mol. The van der Waals surface area contributed by atoms with Gasteiger partial charge in [-0.15, -0.1) is 0 Å². The number of aromatic nitrogens is 1. The zero-order chi connectivity index (χ0) is 24.0. The Kier molecular flexibility index (Phi) is 6.32. The molecule has 1 aliphatic heterocycles. The highest BCUT2D eigenvalue weighted by Gasteiger charge is 2.32. The van der Waals surface area contributed by atoms with Gasteiger partial charge >= 0.3 is 10.1 Å². The number of methoxy groups -OCH3 is 2. The Bertz CT molecular complexity index is 1480. The molecular formula is C19H19N2O8S4+. The van der Waals surface area contributed by atoms with E-state index >= 15 is 0 Å². The Morgan fingerprint density at radius 2 is 1.67 bits per heavy atom. The number of hydrogen-bond acceptors (Lipinski definition) is 9. The molecule has 0 radical (unpaired) electrons. The molecule has 0 saturated heterocycles. The largest absolute Gasteiger partial charge is 0.497 e. The second kappa shape index (κ2) is 8.77. The van der Waals surface area contributed by atoms with E-state index in [-0.39, 0.29) is 0 Å². The molecule has 2 aromatic carbocycles. The van der Waals surface area contributed by atoms with Crippen LogP contribution in [0.25, 0.3) is 16.3 Å². The van der Waals surface area contributed by atoms with Gasteiger partial charge in [0.25, 0.3) is 21.0 Å². The van der Waals surface area contributed by atoms with Gasteiger partial charge in [0.05, 0.1) is 37.1 Å². The summed E-state index contributed by atoms with van der Waals surface area (Å²) in [5.74, 6) is -0.399. The van der Waals surface area contributed by atoms with E-state index < -0.39 is 32.0 Å². The van der Waals surface area contributed by atoms with E-state index in [1.54, 1.807) is 42.5 Å². The number of ether oxygens (including phenoxy) is 2. The molecule has 0 atom stereocenters. The predicted molar refractivity (Wildman–Crippen MR) is 126 cm³/mol. The topological polar surface area (TPSA) is 134 Å². The maximum Gasteiger partial charge on any atom is 0.326 e. The van der Waals surface area contributed by atoms with E-state index in [2.05, 4.69) is 0 Å². The second-order valence-corrected chi connectivity index (χ2v) is 11.9. The van der Waals surface area contributed by atoms with Crippen LogP contribution in [0.5, 0.6) is 11.5 Å². The van der Waals surface area contributed by atoms with Gasteiger partial charge in [0.2, 0.25) is 5.52 Å². The minimum atomic E-state index is -4.39. The third-order valence-corrected chi connectivity index (χ3v) is 8.10. The summed E-state index contributed by atoms with van der Waals surface area (Å²) in [5, 5.41) is 0.886. The van der Waals surface area contributed by atoms with Crippen molar-refractivity contribution in [3.05, 3.63) is 46.4 Å². The Hall–Kier alpha value is -2.36. The van der Waals surface area contributed by atoms with Crippen LogP contribution in [0.4, 0.5) is 5.69 Å². The summed E-state index contributed by atoms with van der Waals surface area (Å²) in [5.41, 5.74) is 1.04. The first-order chi connectivity index (χ1) is 15.5. The fourth-order valence-electron chi connectivity index (χ4n) is 3.33. The first-order valence-corrected chi connectivity index (χ1v) is 14.1. The zero-order valence-corrected chi connectivity index (χ0v) is 20.6. The van der Waals surface area contributed by atoms with E-state index in [0.717, 1.165) is 9.60 Å².